The van der Waals surface area contributed by atoms with Crippen molar-refractivity contribution in [1.82, 2.24) is 0 Å². The van der Waals surface area contributed by atoms with E-state index in [2.05, 4.69) is 0 Å². The van der Waals surface area contributed by atoms with Crippen molar-refractivity contribution in [3.05, 3.63) is 0 Å². The maximum atomic E-state index is 11.9. The molecule has 0 heterocycles. The lowest BCUT2D eigenvalue weighted by Crippen LogP contribution is -2.36. The molecule has 0 aliphatic heterocycles. The number of sulfone groups is 1. The second-order valence-electron chi connectivity index (χ2n) is 4.29. The molecule has 4 heteroatoms. The van der Waals surface area contributed by atoms with Crippen molar-refractivity contribution in [1.29, 1.82) is 0 Å². The zero-order valence-corrected chi connectivity index (χ0v) is 8.02. The van der Waals surface area contributed by atoms with Gasteiger partial charge in [-0.05, 0) is 32.6 Å². The third-order valence-electron chi connectivity index (χ3n) is 3.27. The minimum atomic E-state index is -3.05. The molecule has 0 aromatic carbocycles. The molecule has 0 atom stereocenters. The smallest absolute Gasteiger partial charge is 0.163 e. The molecule has 2 fully saturated rings. The minimum absolute atomic E-state index is 0.190. The molecule has 3 nitrogen and oxygen atoms in total. The van der Waals surface area contributed by atoms with Crippen LogP contribution in [-0.4, -0.2) is 29.6 Å². The van der Waals surface area contributed by atoms with Crippen molar-refractivity contribution in [2.24, 2.45) is 0 Å². The van der Waals surface area contributed by atoms with Gasteiger partial charge >= 0.3 is 0 Å². The van der Waals surface area contributed by atoms with Crippen LogP contribution in [0.2, 0.25) is 0 Å². The summed E-state index contributed by atoms with van der Waals surface area (Å²) in [5.74, 6) is 0. The first-order chi connectivity index (χ1) is 5.47. The highest BCUT2D eigenvalue weighted by Crippen LogP contribution is 2.55. The number of rotatable bonds is 3. The molecule has 12 heavy (non-hydrogen) atoms. The van der Waals surface area contributed by atoms with E-state index in [-0.39, 0.29) is 6.61 Å². The molecule has 0 amide bonds. The first-order valence-corrected chi connectivity index (χ1v) is 5.81. The minimum Gasteiger partial charge on any atom is -0.395 e. The Morgan fingerprint density at radius 2 is 1.75 bits per heavy atom. The standard InChI is InChI=1S/C8H14O3S/c1-7(2-3-7)12(10,11)8(6-9)4-5-8/h9H,2-6H2,1H3. The Bertz CT molecular complexity index is 296. The Balaban J connectivity index is 2.33. The number of aliphatic hydroxyl groups is 1. The van der Waals surface area contributed by atoms with Crippen LogP contribution in [0.3, 0.4) is 0 Å². The highest BCUT2D eigenvalue weighted by Gasteiger charge is 2.64. The van der Waals surface area contributed by atoms with E-state index in [0.717, 1.165) is 12.8 Å². The summed E-state index contributed by atoms with van der Waals surface area (Å²) in [6, 6.07) is 0. The van der Waals surface area contributed by atoms with Crippen LogP contribution >= 0.6 is 0 Å². The Hall–Kier alpha value is -0.0900. The van der Waals surface area contributed by atoms with E-state index in [1.807, 2.05) is 0 Å². The van der Waals surface area contributed by atoms with Crippen molar-refractivity contribution in [2.45, 2.75) is 42.1 Å². The fourth-order valence-electron chi connectivity index (χ4n) is 1.62. The van der Waals surface area contributed by atoms with Gasteiger partial charge in [0.15, 0.2) is 9.84 Å². The van der Waals surface area contributed by atoms with Gasteiger partial charge in [-0.2, -0.15) is 0 Å². The van der Waals surface area contributed by atoms with Gasteiger partial charge in [-0.3, -0.25) is 0 Å². The van der Waals surface area contributed by atoms with Gasteiger partial charge in [0.25, 0.3) is 0 Å². The molecule has 0 aromatic rings. The summed E-state index contributed by atoms with van der Waals surface area (Å²) in [5, 5.41) is 9.00. The first-order valence-electron chi connectivity index (χ1n) is 4.33. The zero-order chi connectivity index (χ0) is 9.04. The highest BCUT2D eigenvalue weighted by molar-refractivity contribution is 7.94. The van der Waals surface area contributed by atoms with Gasteiger partial charge in [-0.25, -0.2) is 8.42 Å². The van der Waals surface area contributed by atoms with Crippen LogP contribution in [0.1, 0.15) is 32.6 Å². The van der Waals surface area contributed by atoms with E-state index >= 15 is 0 Å². The van der Waals surface area contributed by atoms with E-state index < -0.39 is 19.3 Å². The van der Waals surface area contributed by atoms with Crippen LogP contribution in [0.4, 0.5) is 0 Å². The van der Waals surface area contributed by atoms with Crippen LogP contribution in [0, 0.1) is 0 Å². The topological polar surface area (TPSA) is 54.4 Å². The first kappa shape index (κ1) is 8.51. The fraction of sp³-hybridized carbons (Fsp3) is 1.00. The van der Waals surface area contributed by atoms with Crippen LogP contribution in [0.5, 0.6) is 0 Å². The SMILES string of the molecule is CC1(S(=O)(=O)C2(CO)CC2)CC1. The van der Waals surface area contributed by atoms with Gasteiger partial charge in [-0.1, -0.05) is 0 Å². The summed E-state index contributed by atoms with van der Waals surface area (Å²) in [7, 11) is -3.05. The van der Waals surface area contributed by atoms with E-state index in [9.17, 15) is 8.42 Å². The maximum Gasteiger partial charge on any atom is 0.163 e. The third kappa shape index (κ3) is 0.823. The lowest BCUT2D eigenvalue weighted by atomic mass is 10.4. The molecular weight excluding hydrogens is 176 g/mol. The summed E-state index contributed by atoms with van der Waals surface area (Å²) in [4.78, 5) is 0. The molecule has 0 radical (unpaired) electrons. The van der Waals surface area contributed by atoms with Gasteiger partial charge in [0.05, 0.1) is 16.1 Å². The summed E-state index contributed by atoms with van der Waals surface area (Å²) in [5.41, 5.74) is 0. The predicted octanol–water partition coefficient (Wildman–Crippen LogP) is 0.479. The average Bonchev–Trinajstić information content (AvgIpc) is 2.81. The molecule has 0 bridgehead atoms. The molecule has 70 valence electrons. The normalized spacial score (nSPS) is 29.8. The monoisotopic (exact) mass is 190 g/mol. The highest BCUT2D eigenvalue weighted by atomic mass is 32.2. The van der Waals surface area contributed by atoms with Gasteiger partial charge in [0, 0.05) is 0 Å². The van der Waals surface area contributed by atoms with Crippen molar-refractivity contribution < 1.29 is 13.5 Å². The molecule has 0 spiro atoms. The second kappa shape index (κ2) is 2.04. The maximum absolute atomic E-state index is 11.9. The molecule has 2 saturated carbocycles. The zero-order valence-electron chi connectivity index (χ0n) is 7.21. The molecule has 0 aromatic heterocycles. The molecule has 0 saturated heterocycles. The molecule has 1 N–H and O–H groups in total. The summed E-state index contributed by atoms with van der Waals surface area (Å²) >= 11 is 0. The molecule has 2 aliphatic rings. The van der Waals surface area contributed by atoms with Gasteiger partial charge in [-0.15, -0.1) is 0 Å². The second-order valence-corrected chi connectivity index (χ2v) is 7.15. The number of hydrogen-bond acceptors (Lipinski definition) is 3. The Morgan fingerprint density at radius 3 is 2.00 bits per heavy atom. The van der Waals surface area contributed by atoms with E-state index in [4.69, 9.17) is 5.11 Å². The largest absolute Gasteiger partial charge is 0.395 e. The fourth-order valence-corrected chi connectivity index (χ4v) is 4.11. The molecular formula is C8H14O3S. The van der Waals surface area contributed by atoms with Gasteiger partial charge in [0.2, 0.25) is 0 Å². The Morgan fingerprint density at radius 1 is 1.25 bits per heavy atom. The number of hydrogen-bond donors (Lipinski definition) is 1. The summed E-state index contributed by atoms with van der Waals surface area (Å²) < 4.78 is 22.5. The number of aliphatic hydroxyl groups excluding tert-OH is 1. The molecule has 2 aliphatic carbocycles. The van der Waals surface area contributed by atoms with E-state index in [1.165, 1.54) is 0 Å². The van der Waals surface area contributed by atoms with E-state index in [0.29, 0.717) is 12.8 Å². The van der Waals surface area contributed by atoms with Crippen LogP contribution in [-0.2, 0) is 9.84 Å². The van der Waals surface area contributed by atoms with Crippen molar-refractivity contribution in [3.8, 4) is 0 Å². The Kier molecular flexibility index (Phi) is 1.45. The third-order valence-corrected chi connectivity index (χ3v) is 6.65. The van der Waals surface area contributed by atoms with Crippen molar-refractivity contribution in [3.63, 3.8) is 0 Å². The summed E-state index contributed by atoms with van der Waals surface area (Å²) in [6.45, 7) is 1.60. The Labute approximate surface area is 72.7 Å². The van der Waals surface area contributed by atoms with Crippen LogP contribution < -0.4 is 0 Å². The van der Waals surface area contributed by atoms with Crippen LogP contribution in [0.15, 0.2) is 0 Å². The van der Waals surface area contributed by atoms with Gasteiger partial charge in [0.1, 0.15) is 0 Å². The van der Waals surface area contributed by atoms with Gasteiger partial charge < -0.3 is 5.11 Å². The van der Waals surface area contributed by atoms with Crippen molar-refractivity contribution >= 4 is 9.84 Å². The average molecular weight is 190 g/mol. The lowest BCUT2D eigenvalue weighted by Gasteiger charge is -2.18. The molecule has 0 unspecified atom stereocenters. The van der Waals surface area contributed by atoms with E-state index in [1.54, 1.807) is 6.92 Å². The van der Waals surface area contributed by atoms with Crippen LogP contribution in [0.25, 0.3) is 0 Å². The summed E-state index contributed by atoms with van der Waals surface area (Å²) in [6.07, 6.45) is 2.86. The quantitative estimate of drug-likeness (QED) is 0.704. The predicted molar refractivity (Wildman–Crippen MR) is 45.6 cm³/mol. The van der Waals surface area contributed by atoms with Crippen molar-refractivity contribution in [2.75, 3.05) is 6.61 Å². The molecule has 2 rings (SSSR count). The lowest BCUT2D eigenvalue weighted by molar-refractivity contribution is 0.282.